The molecule has 2 saturated carbocycles. The average Bonchev–Trinajstić information content (AvgIpc) is 2.60. The van der Waals surface area contributed by atoms with Crippen LogP contribution in [0.3, 0.4) is 0 Å². The van der Waals surface area contributed by atoms with Crippen molar-refractivity contribution in [2.24, 2.45) is 17.8 Å². The molecule has 2 fully saturated rings. The molecule has 0 N–H and O–H groups in total. The number of carbonyl (C=O) groups excluding carboxylic acids is 1. The van der Waals surface area contributed by atoms with Crippen LogP contribution in [0.5, 0.6) is 0 Å². The van der Waals surface area contributed by atoms with Crippen molar-refractivity contribution < 1.29 is 9.53 Å². The van der Waals surface area contributed by atoms with E-state index in [-0.39, 0.29) is 11.9 Å². The molecule has 2 aliphatic rings. The minimum Gasteiger partial charge on any atom is -0.469 e. The molecule has 0 unspecified atom stereocenters. The lowest BCUT2D eigenvalue weighted by Crippen LogP contribution is -2.25. The SMILES string of the molecule is COC(=O)[C@@H]1CC[C@@H]2CCCC[C@@H]21. The van der Waals surface area contributed by atoms with Gasteiger partial charge in [0.25, 0.3) is 0 Å². The maximum absolute atomic E-state index is 11.4. The van der Waals surface area contributed by atoms with Crippen molar-refractivity contribution in [2.75, 3.05) is 7.11 Å². The highest BCUT2D eigenvalue weighted by Gasteiger charge is 2.41. The second kappa shape index (κ2) is 3.69. The molecule has 0 aromatic carbocycles. The van der Waals surface area contributed by atoms with E-state index in [2.05, 4.69) is 0 Å². The predicted molar refractivity (Wildman–Crippen MR) is 50.2 cm³/mol. The Morgan fingerprint density at radius 2 is 1.92 bits per heavy atom. The monoisotopic (exact) mass is 182 g/mol. The summed E-state index contributed by atoms with van der Waals surface area (Å²) in [5.74, 6) is 1.75. The summed E-state index contributed by atoms with van der Waals surface area (Å²) in [5.41, 5.74) is 0. The number of fused-ring (bicyclic) bond motifs is 1. The van der Waals surface area contributed by atoms with Gasteiger partial charge in [0, 0.05) is 0 Å². The second-order valence-corrected chi connectivity index (χ2v) is 4.42. The number of carbonyl (C=O) groups is 1. The highest BCUT2D eigenvalue weighted by molar-refractivity contribution is 5.73. The molecule has 0 heterocycles. The molecule has 2 nitrogen and oxygen atoms in total. The van der Waals surface area contributed by atoms with E-state index < -0.39 is 0 Å². The van der Waals surface area contributed by atoms with Crippen molar-refractivity contribution in [1.82, 2.24) is 0 Å². The van der Waals surface area contributed by atoms with Crippen molar-refractivity contribution in [3.8, 4) is 0 Å². The Hall–Kier alpha value is -0.530. The van der Waals surface area contributed by atoms with Crippen molar-refractivity contribution in [3.63, 3.8) is 0 Å². The van der Waals surface area contributed by atoms with Gasteiger partial charge in [-0.15, -0.1) is 0 Å². The molecule has 0 spiro atoms. The Labute approximate surface area is 79.7 Å². The molecule has 0 saturated heterocycles. The normalized spacial score (nSPS) is 38.4. The molecule has 3 atom stereocenters. The number of methoxy groups -OCH3 is 1. The lowest BCUT2D eigenvalue weighted by molar-refractivity contribution is -0.147. The third-order valence-electron chi connectivity index (χ3n) is 3.84. The highest BCUT2D eigenvalue weighted by atomic mass is 16.5. The number of rotatable bonds is 1. The second-order valence-electron chi connectivity index (χ2n) is 4.42. The quantitative estimate of drug-likeness (QED) is 0.582. The van der Waals surface area contributed by atoms with Crippen LogP contribution in [-0.2, 0) is 9.53 Å². The summed E-state index contributed by atoms with van der Waals surface area (Å²) in [6.45, 7) is 0. The molecule has 2 heteroatoms. The van der Waals surface area contributed by atoms with E-state index in [1.807, 2.05) is 0 Å². The standard InChI is InChI=1S/C11H18O2/c1-13-11(12)10-7-6-8-4-2-3-5-9(8)10/h8-10H,2-7H2,1H3/t8-,9-,10+/m0/s1. The Morgan fingerprint density at radius 1 is 1.15 bits per heavy atom. The largest absolute Gasteiger partial charge is 0.469 e. The van der Waals surface area contributed by atoms with Gasteiger partial charge in [-0.1, -0.05) is 19.3 Å². The Morgan fingerprint density at radius 3 is 2.69 bits per heavy atom. The zero-order valence-corrected chi connectivity index (χ0v) is 8.29. The van der Waals surface area contributed by atoms with Gasteiger partial charge in [-0.25, -0.2) is 0 Å². The average molecular weight is 182 g/mol. The molecule has 0 aliphatic heterocycles. The van der Waals surface area contributed by atoms with Crippen LogP contribution >= 0.6 is 0 Å². The molecular formula is C11H18O2. The first-order valence-electron chi connectivity index (χ1n) is 5.40. The maximum atomic E-state index is 11.4. The van der Waals surface area contributed by atoms with Crippen molar-refractivity contribution >= 4 is 5.97 Å². The highest BCUT2D eigenvalue weighted by Crippen LogP contribution is 2.46. The number of hydrogen-bond donors (Lipinski definition) is 0. The van der Waals surface area contributed by atoms with Crippen LogP contribution < -0.4 is 0 Å². The van der Waals surface area contributed by atoms with Crippen LogP contribution in [0.4, 0.5) is 0 Å². The van der Waals surface area contributed by atoms with Crippen molar-refractivity contribution in [1.29, 1.82) is 0 Å². The van der Waals surface area contributed by atoms with Crippen LogP contribution in [0.2, 0.25) is 0 Å². The van der Waals surface area contributed by atoms with E-state index in [0.29, 0.717) is 5.92 Å². The Balaban J connectivity index is 2.02. The predicted octanol–water partition coefficient (Wildman–Crippen LogP) is 2.38. The van der Waals surface area contributed by atoms with Crippen LogP contribution in [-0.4, -0.2) is 13.1 Å². The van der Waals surface area contributed by atoms with E-state index in [1.165, 1.54) is 39.2 Å². The zero-order chi connectivity index (χ0) is 9.26. The Kier molecular flexibility index (Phi) is 2.56. The molecule has 2 rings (SSSR count). The topological polar surface area (TPSA) is 26.3 Å². The van der Waals surface area contributed by atoms with Gasteiger partial charge in [-0.3, -0.25) is 4.79 Å². The van der Waals surface area contributed by atoms with Crippen LogP contribution in [0.25, 0.3) is 0 Å². The van der Waals surface area contributed by atoms with Crippen molar-refractivity contribution in [3.05, 3.63) is 0 Å². The molecule has 74 valence electrons. The van der Waals surface area contributed by atoms with Gasteiger partial charge < -0.3 is 4.74 Å². The number of ether oxygens (including phenoxy) is 1. The van der Waals surface area contributed by atoms with Gasteiger partial charge in [0.2, 0.25) is 0 Å². The first-order valence-corrected chi connectivity index (χ1v) is 5.40. The molecular weight excluding hydrogens is 164 g/mol. The van der Waals surface area contributed by atoms with Crippen LogP contribution in [0, 0.1) is 17.8 Å². The van der Waals surface area contributed by atoms with Gasteiger partial charge in [0.05, 0.1) is 13.0 Å². The molecule has 0 aromatic heterocycles. The Bertz CT molecular complexity index is 200. The molecule has 0 bridgehead atoms. The smallest absolute Gasteiger partial charge is 0.308 e. The van der Waals surface area contributed by atoms with E-state index in [0.717, 1.165) is 12.3 Å². The molecule has 0 amide bonds. The van der Waals surface area contributed by atoms with Crippen molar-refractivity contribution in [2.45, 2.75) is 38.5 Å². The van der Waals surface area contributed by atoms with E-state index in [9.17, 15) is 4.79 Å². The van der Waals surface area contributed by atoms with Gasteiger partial charge in [0.15, 0.2) is 0 Å². The minimum absolute atomic E-state index is 0.0365. The minimum atomic E-state index is 0.0365. The molecule has 0 radical (unpaired) electrons. The zero-order valence-electron chi connectivity index (χ0n) is 8.29. The van der Waals surface area contributed by atoms with Crippen LogP contribution in [0.15, 0.2) is 0 Å². The summed E-state index contributed by atoms with van der Waals surface area (Å²) < 4.78 is 4.84. The summed E-state index contributed by atoms with van der Waals surface area (Å²) in [4.78, 5) is 11.4. The van der Waals surface area contributed by atoms with E-state index in [4.69, 9.17) is 4.74 Å². The summed E-state index contributed by atoms with van der Waals surface area (Å²) >= 11 is 0. The van der Waals surface area contributed by atoms with Gasteiger partial charge >= 0.3 is 5.97 Å². The fraction of sp³-hybridized carbons (Fsp3) is 0.909. The number of esters is 1. The van der Waals surface area contributed by atoms with E-state index >= 15 is 0 Å². The van der Waals surface area contributed by atoms with Gasteiger partial charge in [-0.2, -0.15) is 0 Å². The molecule has 0 aromatic rings. The summed E-state index contributed by atoms with van der Waals surface area (Å²) in [5, 5.41) is 0. The fourth-order valence-electron chi connectivity index (χ4n) is 3.18. The summed E-state index contributed by atoms with van der Waals surface area (Å²) in [6, 6.07) is 0. The van der Waals surface area contributed by atoms with Gasteiger partial charge in [0.1, 0.15) is 0 Å². The summed E-state index contributed by atoms with van der Waals surface area (Å²) in [6.07, 6.45) is 7.61. The third-order valence-corrected chi connectivity index (χ3v) is 3.84. The lowest BCUT2D eigenvalue weighted by Gasteiger charge is -2.27. The van der Waals surface area contributed by atoms with Gasteiger partial charge in [-0.05, 0) is 31.1 Å². The lowest BCUT2D eigenvalue weighted by atomic mass is 9.78. The fourth-order valence-corrected chi connectivity index (χ4v) is 3.18. The summed E-state index contributed by atoms with van der Waals surface area (Å²) in [7, 11) is 1.51. The first-order chi connectivity index (χ1) is 6.33. The third kappa shape index (κ3) is 1.59. The number of hydrogen-bond acceptors (Lipinski definition) is 2. The maximum Gasteiger partial charge on any atom is 0.308 e. The molecule has 13 heavy (non-hydrogen) atoms. The molecule has 2 aliphatic carbocycles. The van der Waals surface area contributed by atoms with E-state index in [1.54, 1.807) is 0 Å². The first kappa shape index (κ1) is 9.04. The van der Waals surface area contributed by atoms with Crippen LogP contribution in [0.1, 0.15) is 38.5 Å².